The molecular weight excluding hydrogens is 212 g/mol. The molecule has 1 heterocycles. The number of rotatable bonds is 2. The summed E-state index contributed by atoms with van der Waals surface area (Å²) < 4.78 is 25.3. The van der Waals surface area contributed by atoms with Crippen LogP contribution in [0.5, 0.6) is 0 Å². The number of nitrogens with zero attached hydrogens (tertiary/aromatic N) is 2. The van der Waals surface area contributed by atoms with Gasteiger partial charge in [-0.05, 0) is 25.2 Å². The molecule has 15 heavy (non-hydrogen) atoms. The van der Waals surface area contributed by atoms with Crippen LogP contribution in [0.25, 0.3) is 0 Å². The second kappa shape index (κ2) is 4.11. The van der Waals surface area contributed by atoms with Crippen LogP contribution < -0.4 is 0 Å². The second-order valence-electron chi connectivity index (χ2n) is 4.92. The van der Waals surface area contributed by atoms with Gasteiger partial charge in [0.15, 0.2) is 5.25 Å². The lowest BCUT2D eigenvalue weighted by Gasteiger charge is -2.37. The normalized spacial score (nSPS) is 24.4. The lowest BCUT2D eigenvalue weighted by Crippen LogP contribution is -2.46. The fourth-order valence-electron chi connectivity index (χ4n) is 1.88. The number of nitriles is 1. The van der Waals surface area contributed by atoms with Gasteiger partial charge in [-0.15, -0.1) is 0 Å². The molecule has 1 rings (SSSR count). The van der Waals surface area contributed by atoms with Crippen LogP contribution in [0.15, 0.2) is 0 Å². The standard InChI is InChI=1S/C10H18N2O2S/c1-9(7-11)15(13,14)12-6-4-5-10(2,3)8-12/h9H,4-6,8H2,1-3H3. The third kappa shape index (κ3) is 2.70. The summed E-state index contributed by atoms with van der Waals surface area (Å²) in [6, 6.07) is 1.80. The van der Waals surface area contributed by atoms with Crippen LogP contribution in [0.1, 0.15) is 33.6 Å². The zero-order valence-electron chi connectivity index (χ0n) is 9.52. The Kier molecular flexibility index (Phi) is 3.41. The van der Waals surface area contributed by atoms with Crippen molar-refractivity contribution in [2.24, 2.45) is 5.41 Å². The van der Waals surface area contributed by atoms with E-state index in [0.717, 1.165) is 12.8 Å². The first-order valence-electron chi connectivity index (χ1n) is 5.18. The Morgan fingerprint density at radius 3 is 2.53 bits per heavy atom. The molecule has 0 radical (unpaired) electrons. The van der Waals surface area contributed by atoms with E-state index in [4.69, 9.17) is 5.26 Å². The smallest absolute Gasteiger partial charge is 0.211 e. The van der Waals surface area contributed by atoms with Crippen LogP contribution in [-0.2, 0) is 10.0 Å². The molecule has 0 aromatic carbocycles. The fourth-order valence-corrected chi connectivity index (χ4v) is 3.37. The maximum absolute atomic E-state index is 11.9. The van der Waals surface area contributed by atoms with E-state index in [9.17, 15) is 8.42 Å². The fraction of sp³-hybridized carbons (Fsp3) is 0.900. The third-order valence-electron chi connectivity index (χ3n) is 2.85. The Hall–Kier alpha value is -0.600. The first-order valence-corrected chi connectivity index (χ1v) is 6.68. The molecule has 0 aliphatic carbocycles. The molecule has 0 saturated carbocycles. The van der Waals surface area contributed by atoms with Crippen LogP contribution >= 0.6 is 0 Å². The van der Waals surface area contributed by atoms with E-state index in [1.807, 2.05) is 0 Å². The Morgan fingerprint density at radius 2 is 2.07 bits per heavy atom. The molecule has 1 aliphatic rings. The highest BCUT2D eigenvalue weighted by Gasteiger charge is 2.35. The van der Waals surface area contributed by atoms with Gasteiger partial charge in [0.05, 0.1) is 6.07 Å². The summed E-state index contributed by atoms with van der Waals surface area (Å²) in [4.78, 5) is 0. The summed E-state index contributed by atoms with van der Waals surface area (Å²) >= 11 is 0. The van der Waals surface area contributed by atoms with Crippen molar-refractivity contribution >= 4 is 10.0 Å². The zero-order chi connectivity index (χ0) is 11.7. The zero-order valence-corrected chi connectivity index (χ0v) is 10.3. The average Bonchev–Trinajstić information content (AvgIpc) is 2.15. The van der Waals surface area contributed by atoms with Crippen LogP contribution in [-0.4, -0.2) is 31.1 Å². The predicted octanol–water partition coefficient (Wildman–Crippen LogP) is 1.35. The van der Waals surface area contributed by atoms with Gasteiger partial charge in [-0.1, -0.05) is 13.8 Å². The van der Waals surface area contributed by atoms with Gasteiger partial charge in [-0.2, -0.15) is 5.26 Å². The summed E-state index contributed by atoms with van der Waals surface area (Å²) in [5.41, 5.74) is 0.0283. The van der Waals surface area contributed by atoms with E-state index in [-0.39, 0.29) is 5.41 Å². The topological polar surface area (TPSA) is 61.2 Å². The van der Waals surface area contributed by atoms with Gasteiger partial charge >= 0.3 is 0 Å². The lowest BCUT2D eigenvalue weighted by molar-refractivity contribution is 0.186. The van der Waals surface area contributed by atoms with Crippen molar-refractivity contribution in [2.75, 3.05) is 13.1 Å². The molecule has 1 atom stereocenters. The minimum Gasteiger partial charge on any atom is -0.211 e. The quantitative estimate of drug-likeness (QED) is 0.719. The lowest BCUT2D eigenvalue weighted by atomic mass is 9.85. The van der Waals surface area contributed by atoms with Gasteiger partial charge in [-0.3, -0.25) is 0 Å². The van der Waals surface area contributed by atoms with Crippen LogP contribution in [0.3, 0.4) is 0 Å². The number of hydrogen-bond acceptors (Lipinski definition) is 3. The minimum absolute atomic E-state index is 0.0283. The number of piperidine rings is 1. The molecule has 0 N–H and O–H groups in total. The Morgan fingerprint density at radius 1 is 1.47 bits per heavy atom. The van der Waals surface area contributed by atoms with Crippen LogP contribution in [0.4, 0.5) is 0 Å². The molecule has 4 nitrogen and oxygen atoms in total. The van der Waals surface area contributed by atoms with E-state index in [0.29, 0.717) is 13.1 Å². The van der Waals surface area contributed by atoms with Crippen molar-refractivity contribution in [2.45, 2.75) is 38.9 Å². The van der Waals surface area contributed by atoms with Crippen molar-refractivity contribution in [1.82, 2.24) is 4.31 Å². The molecule has 86 valence electrons. The van der Waals surface area contributed by atoms with E-state index < -0.39 is 15.3 Å². The van der Waals surface area contributed by atoms with Gasteiger partial charge in [0.25, 0.3) is 0 Å². The molecule has 0 aromatic rings. The van der Waals surface area contributed by atoms with Crippen molar-refractivity contribution in [1.29, 1.82) is 5.26 Å². The number of sulfonamides is 1. The first kappa shape index (κ1) is 12.5. The van der Waals surface area contributed by atoms with Crippen molar-refractivity contribution in [3.63, 3.8) is 0 Å². The van der Waals surface area contributed by atoms with Crippen LogP contribution in [0.2, 0.25) is 0 Å². The summed E-state index contributed by atoms with van der Waals surface area (Å²) in [6.45, 7) is 6.65. The van der Waals surface area contributed by atoms with Gasteiger partial charge in [-0.25, -0.2) is 12.7 Å². The first-order chi connectivity index (χ1) is 6.79. The van der Waals surface area contributed by atoms with Gasteiger partial charge < -0.3 is 0 Å². The molecule has 0 bridgehead atoms. The minimum atomic E-state index is -3.41. The van der Waals surface area contributed by atoms with Crippen molar-refractivity contribution < 1.29 is 8.42 Å². The van der Waals surface area contributed by atoms with Gasteiger partial charge in [0, 0.05) is 13.1 Å². The summed E-state index contributed by atoms with van der Waals surface area (Å²) in [5, 5.41) is 7.74. The molecule has 1 fully saturated rings. The van der Waals surface area contributed by atoms with Crippen molar-refractivity contribution in [3.8, 4) is 6.07 Å². The van der Waals surface area contributed by atoms with E-state index >= 15 is 0 Å². The molecule has 1 aliphatic heterocycles. The van der Waals surface area contributed by atoms with E-state index in [2.05, 4.69) is 13.8 Å². The maximum atomic E-state index is 11.9. The summed E-state index contributed by atoms with van der Waals surface area (Å²) in [5.74, 6) is 0. The average molecular weight is 230 g/mol. The van der Waals surface area contributed by atoms with Crippen molar-refractivity contribution in [3.05, 3.63) is 0 Å². The number of hydrogen-bond donors (Lipinski definition) is 0. The van der Waals surface area contributed by atoms with E-state index in [1.54, 1.807) is 6.07 Å². The third-order valence-corrected chi connectivity index (χ3v) is 4.88. The molecular formula is C10H18N2O2S. The maximum Gasteiger partial charge on any atom is 0.230 e. The molecule has 1 unspecified atom stereocenters. The van der Waals surface area contributed by atoms with Gasteiger partial charge in [0.2, 0.25) is 10.0 Å². The Bertz CT molecular complexity index is 367. The molecule has 0 spiro atoms. The molecule has 5 heteroatoms. The Balaban J connectivity index is 2.86. The largest absolute Gasteiger partial charge is 0.230 e. The van der Waals surface area contributed by atoms with E-state index in [1.165, 1.54) is 11.2 Å². The molecule has 0 aromatic heterocycles. The monoisotopic (exact) mass is 230 g/mol. The summed E-state index contributed by atoms with van der Waals surface area (Å²) in [7, 11) is -3.41. The SMILES string of the molecule is CC(C#N)S(=O)(=O)N1CCCC(C)(C)C1. The highest BCUT2D eigenvalue weighted by molar-refractivity contribution is 7.89. The highest BCUT2D eigenvalue weighted by Crippen LogP contribution is 2.30. The predicted molar refractivity (Wildman–Crippen MR) is 58.6 cm³/mol. The Labute approximate surface area is 91.9 Å². The second-order valence-corrected chi connectivity index (χ2v) is 7.17. The molecule has 0 amide bonds. The molecule has 1 saturated heterocycles. The highest BCUT2D eigenvalue weighted by atomic mass is 32.2. The summed E-state index contributed by atoms with van der Waals surface area (Å²) in [6.07, 6.45) is 1.92. The van der Waals surface area contributed by atoms with Crippen LogP contribution in [0, 0.1) is 16.7 Å². The van der Waals surface area contributed by atoms with Gasteiger partial charge in [0.1, 0.15) is 0 Å².